The van der Waals surface area contributed by atoms with Crippen molar-refractivity contribution in [3.05, 3.63) is 33.8 Å². The summed E-state index contributed by atoms with van der Waals surface area (Å²) >= 11 is 3.46. The van der Waals surface area contributed by atoms with Gasteiger partial charge in [0.15, 0.2) is 0 Å². The first-order valence-electron chi connectivity index (χ1n) is 7.19. The van der Waals surface area contributed by atoms with Gasteiger partial charge in [-0.25, -0.2) is 0 Å². The van der Waals surface area contributed by atoms with Crippen molar-refractivity contribution in [2.45, 2.75) is 32.6 Å². The fraction of sp³-hybridized carbons (Fsp3) is 0.562. The van der Waals surface area contributed by atoms with Gasteiger partial charge in [-0.15, -0.1) is 0 Å². The van der Waals surface area contributed by atoms with E-state index in [1.165, 1.54) is 25.7 Å². The van der Waals surface area contributed by atoms with Crippen LogP contribution in [0.25, 0.3) is 0 Å². The van der Waals surface area contributed by atoms with Gasteiger partial charge in [-0.05, 0) is 78.4 Å². The van der Waals surface area contributed by atoms with Crippen LogP contribution in [0.1, 0.15) is 41.6 Å². The first-order chi connectivity index (χ1) is 9.15. The number of aryl methyl sites for hydroxylation is 1. The van der Waals surface area contributed by atoms with Gasteiger partial charge in [0.05, 0.1) is 5.56 Å². The topological polar surface area (TPSA) is 29.1 Å². The molecule has 0 heterocycles. The maximum atomic E-state index is 12.3. The SMILES string of the molecule is Cc1ccc(Br)c(C(=O)NCC(C2CC2)C2CC2)c1. The highest BCUT2D eigenvalue weighted by molar-refractivity contribution is 9.10. The Hall–Kier alpha value is -0.830. The van der Waals surface area contributed by atoms with Crippen LogP contribution in [0.3, 0.4) is 0 Å². The van der Waals surface area contributed by atoms with Gasteiger partial charge < -0.3 is 5.32 Å². The van der Waals surface area contributed by atoms with E-state index in [0.717, 1.165) is 39.9 Å². The summed E-state index contributed by atoms with van der Waals surface area (Å²) in [5.41, 5.74) is 1.87. The van der Waals surface area contributed by atoms with E-state index >= 15 is 0 Å². The van der Waals surface area contributed by atoms with Gasteiger partial charge >= 0.3 is 0 Å². The lowest BCUT2D eigenvalue weighted by atomic mass is 9.98. The lowest BCUT2D eigenvalue weighted by molar-refractivity contribution is 0.0942. The largest absolute Gasteiger partial charge is 0.352 e. The van der Waals surface area contributed by atoms with Crippen LogP contribution in [-0.4, -0.2) is 12.5 Å². The molecule has 1 N–H and O–H groups in total. The maximum Gasteiger partial charge on any atom is 0.252 e. The molecule has 2 aliphatic carbocycles. The number of hydrogen-bond acceptors (Lipinski definition) is 1. The van der Waals surface area contributed by atoms with Gasteiger partial charge in [0.2, 0.25) is 0 Å². The van der Waals surface area contributed by atoms with Gasteiger partial charge in [-0.2, -0.15) is 0 Å². The summed E-state index contributed by atoms with van der Waals surface area (Å²) in [6, 6.07) is 5.91. The second-order valence-corrected chi connectivity index (χ2v) is 6.89. The standard InChI is InChI=1S/C16H20BrNO/c1-10-2-7-15(17)13(8-10)16(19)18-9-14(11-3-4-11)12-5-6-12/h2,7-8,11-12,14H,3-6,9H2,1H3,(H,18,19). The van der Waals surface area contributed by atoms with Crippen molar-refractivity contribution in [1.29, 1.82) is 0 Å². The van der Waals surface area contributed by atoms with Crippen molar-refractivity contribution in [1.82, 2.24) is 5.32 Å². The molecule has 0 bridgehead atoms. The summed E-state index contributed by atoms with van der Waals surface area (Å²) in [4.78, 5) is 12.3. The van der Waals surface area contributed by atoms with Crippen LogP contribution >= 0.6 is 15.9 Å². The highest BCUT2D eigenvalue weighted by Crippen LogP contribution is 2.48. The second-order valence-electron chi connectivity index (χ2n) is 6.03. The van der Waals surface area contributed by atoms with E-state index in [1.54, 1.807) is 0 Å². The van der Waals surface area contributed by atoms with E-state index in [4.69, 9.17) is 0 Å². The molecule has 0 unspecified atom stereocenters. The Kier molecular flexibility index (Phi) is 3.66. The smallest absolute Gasteiger partial charge is 0.252 e. The maximum absolute atomic E-state index is 12.3. The van der Waals surface area contributed by atoms with Gasteiger partial charge in [0.1, 0.15) is 0 Å². The molecular weight excluding hydrogens is 302 g/mol. The molecule has 0 radical (unpaired) electrons. The monoisotopic (exact) mass is 321 g/mol. The van der Waals surface area contributed by atoms with Gasteiger partial charge in [0.25, 0.3) is 5.91 Å². The number of nitrogens with one attached hydrogen (secondary N) is 1. The third-order valence-corrected chi connectivity index (χ3v) is 5.01. The zero-order chi connectivity index (χ0) is 13.4. The molecule has 2 fully saturated rings. The Labute approximate surface area is 123 Å². The number of hydrogen-bond donors (Lipinski definition) is 1. The van der Waals surface area contributed by atoms with Crippen molar-refractivity contribution in [2.24, 2.45) is 17.8 Å². The minimum atomic E-state index is 0.0573. The molecule has 0 aromatic heterocycles. The molecule has 0 atom stereocenters. The number of carbonyl (C=O) groups excluding carboxylic acids is 1. The fourth-order valence-electron chi connectivity index (χ4n) is 2.89. The third kappa shape index (κ3) is 3.19. The lowest BCUT2D eigenvalue weighted by Gasteiger charge is -2.16. The first-order valence-corrected chi connectivity index (χ1v) is 7.99. The predicted molar refractivity (Wildman–Crippen MR) is 80.2 cm³/mol. The lowest BCUT2D eigenvalue weighted by Crippen LogP contribution is -2.31. The summed E-state index contributed by atoms with van der Waals surface area (Å²) in [6.45, 7) is 2.87. The van der Waals surface area contributed by atoms with E-state index in [0.29, 0.717) is 0 Å². The molecule has 0 aliphatic heterocycles. The number of rotatable bonds is 5. The van der Waals surface area contributed by atoms with Crippen LogP contribution < -0.4 is 5.32 Å². The molecule has 0 saturated heterocycles. The quantitative estimate of drug-likeness (QED) is 0.874. The normalized spacial score (nSPS) is 18.7. The molecule has 3 heteroatoms. The van der Waals surface area contributed by atoms with Crippen molar-refractivity contribution in [3.8, 4) is 0 Å². The van der Waals surface area contributed by atoms with Gasteiger partial charge in [0, 0.05) is 11.0 Å². The van der Waals surface area contributed by atoms with Crippen molar-refractivity contribution < 1.29 is 4.79 Å². The van der Waals surface area contributed by atoms with E-state index in [-0.39, 0.29) is 5.91 Å². The third-order valence-electron chi connectivity index (χ3n) is 4.32. The number of carbonyl (C=O) groups is 1. The average molecular weight is 322 g/mol. The van der Waals surface area contributed by atoms with Crippen molar-refractivity contribution >= 4 is 21.8 Å². The van der Waals surface area contributed by atoms with Gasteiger partial charge in [-0.3, -0.25) is 4.79 Å². The van der Waals surface area contributed by atoms with Crippen LogP contribution in [0.2, 0.25) is 0 Å². The first kappa shape index (κ1) is 13.2. The van der Waals surface area contributed by atoms with Crippen molar-refractivity contribution in [3.63, 3.8) is 0 Å². The molecule has 2 nitrogen and oxygen atoms in total. The summed E-state index contributed by atoms with van der Waals surface area (Å²) in [7, 11) is 0. The Balaban J connectivity index is 1.62. The molecule has 19 heavy (non-hydrogen) atoms. The van der Waals surface area contributed by atoms with Crippen molar-refractivity contribution in [2.75, 3.05) is 6.54 Å². The van der Waals surface area contributed by atoms with E-state index in [2.05, 4.69) is 21.2 Å². The van der Waals surface area contributed by atoms with Crippen LogP contribution in [0.5, 0.6) is 0 Å². The Bertz CT molecular complexity index is 480. The molecular formula is C16H20BrNO. The molecule has 2 saturated carbocycles. The van der Waals surface area contributed by atoms with Gasteiger partial charge in [-0.1, -0.05) is 11.6 Å². The fourth-order valence-corrected chi connectivity index (χ4v) is 3.31. The minimum absolute atomic E-state index is 0.0573. The Morgan fingerprint density at radius 2 is 1.95 bits per heavy atom. The summed E-state index contributed by atoms with van der Waals surface area (Å²) in [5.74, 6) is 2.55. The molecule has 2 aliphatic rings. The van der Waals surface area contributed by atoms with Crippen LogP contribution in [0.4, 0.5) is 0 Å². The molecule has 1 aromatic carbocycles. The highest BCUT2D eigenvalue weighted by Gasteiger charge is 2.41. The molecule has 0 spiro atoms. The molecule has 3 rings (SSSR count). The number of benzene rings is 1. The Morgan fingerprint density at radius 1 is 1.32 bits per heavy atom. The molecule has 1 aromatic rings. The van der Waals surface area contributed by atoms with E-state index < -0.39 is 0 Å². The summed E-state index contributed by atoms with van der Waals surface area (Å²) in [5, 5.41) is 3.14. The van der Waals surface area contributed by atoms with Crippen LogP contribution in [0, 0.1) is 24.7 Å². The minimum Gasteiger partial charge on any atom is -0.352 e. The second kappa shape index (κ2) is 5.28. The molecule has 1 amide bonds. The zero-order valence-electron chi connectivity index (χ0n) is 11.3. The number of amides is 1. The average Bonchev–Trinajstić information content (AvgIpc) is 3.25. The summed E-state index contributed by atoms with van der Waals surface area (Å²) in [6.07, 6.45) is 5.46. The van der Waals surface area contributed by atoms with E-state index in [1.807, 2.05) is 25.1 Å². The highest BCUT2D eigenvalue weighted by atomic mass is 79.9. The predicted octanol–water partition coefficient (Wildman–Crippen LogP) is 3.92. The summed E-state index contributed by atoms with van der Waals surface area (Å²) < 4.78 is 0.880. The zero-order valence-corrected chi connectivity index (χ0v) is 12.9. The number of halogens is 1. The van der Waals surface area contributed by atoms with Crippen LogP contribution in [0.15, 0.2) is 22.7 Å². The van der Waals surface area contributed by atoms with E-state index in [9.17, 15) is 4.79 Å². The van der Waals surface area contributed by atoms with Crippen LogP contribution in [-0.2, 0) is 0 Å². The molecule has 102 valence electrons. The Morgan fingerprint density at radius 3 is 2.53 bits per heavy atom.